The van der Waals surface area contributed by atoms with E-state index in [0.29, 0.717) is 5.69 Å². The average Bonchev–Trinajstić information content (AvgIpc) is 2.67. The van der Waals surface area contributed by atoms with E-state index in [2.05, 4.69) is 9.62 Å². The van der Waals surface area contributed by atoms with E-state index in [-0.39, 0.29) is 11.7 Å². The third-order valence-electron chi connectivity index (χ3n) is 4.89. The highest BCUT2D eigenvalue weighted by molar-refractivity contribution is 7.91. The van der Waals surface area contributed by atoms with Gasteiger partial charge in [0.15, 0.2) is 0 Å². The van der Waals surface area contributed by atoms with Gasteiger partial charge >= 0.3 is 6.18 Å². The summed E-state index contributed by atoms with van der Waals surface area (Å²) in [5.41, 5.74) is 0.560. The normalized spacial score (nSPS) is 16.1. The molecule has 0 spiro atoms. The zero-order chi connectivity index (χ0) is 21.1. The summed E-state index contributed by atoms with van der Waals surface area (Å²) < 4.78 is 70.9. The Bertz CT molecular complexity index is 923. The summed E-state index contributed by atoms with van der Waals surface area (Å²) >= 11 is 0. The molecule has 2 aromatic rings. The van der Waals surface area contributed by atoms with E-state index >= 15 is 0 Å². The lowest BCUT2D eigenvalue weighted by Crippen LogP contribution is -2.36. The number of alkyl halides is 3. The van der Waals surface area contributed by atoms with Gasteiger partial charge in [0.25, 0.3) is 0 Å². The predicted molar refractivity (Wildman–Crippen MR) is 106 cm³/mol. The van der Waals surface area contributed by atoms with Crippen molar-refractivity contribution in [1.29, 1.82) is 0 Å². The van der Waals surface area contributed by atoms with Gasteiger partial charge in [0, 0.05) is 31.6 Å². The summed E-state index contributed by atoms with van der Waals surface area (Å²) in [6.07, 6.45) is -2.38. The van der Waals surface area contributed by atoms with Crippen molar-refractivity contribution in [3.05, 3.63) is 59.7 Å². The molecule has 0 unspecified atom stereocenters. The van der Waals surface area contributed by atoms with Crippen LogP contribution in [0.3, 0.4) is 0 Å². The van der Waals surface area contributed by atoms with Crippen molar-refractivity contribution in [1.82, 2.24) is 0 Å². The molecule has 1 aliphatic heterocycles. The van der Waals surface area contributed by atoms with Crippen LogP contribution < -0.4 is 9.62 Å². The summed E-state index contributed by atoms with van der Waals surface area (Å²) in [6.45, 7) is 1.72. The lowest BCUT2D eigenvalue weighted by atomic mass is 10.1. The Morgan fingerprint density at radius 3 is 2.34 bits per heavy atom. The fraction of sp³-hybridized carbons (Fsp3) is 0.400. The molecule has 0 bridgehead atoms. The van der Waals surface area contributed by atoms with Crippen LogP contribution in [-0.2, 0) is 26.7 Å². The summed E-state index contributed by atoms with van der Waals surface area (Å²) in [7, 11) is -2.14. The van der Waals surface area contributed by atoms with Gasteiger partial charge < -0.3 is 9.64 Å². The fourth-order valence-corrected chi connectivity index (χ4v) is 4.55. The number of methoxy groups -OCH3 is 1. The molecule has 9 heteroatoms. The van der Waals surface area contributed by atoms with Crippen molar-refractivity contribution in [2.75, 3.05) is 29.8 Å². The largest absolute Gasteiger partial charge is 0.416 e. The van der Waals surface area contributed by atoms with Gasteiger partial charge in [0.1, 0.15) is 0 Å². The van der Waals surface area contributed by atoms with E-state index in [1.807, 2.05) is 12.1 Å². The quantitative estimate of drug-likeness (QED) is 0.747. The Kier molecular flexibility index (Phi) is 6.38. The van der Waals surface area contributed by atoms with Crippen LogP contribution in [0.1, 0.15) is 24.0 Å². The van der Waals surface area contributed by atoms with Crippen LogP contribution in [0.25, 0.3) is 0 Å². The maximum absolute atomic E-state index is 12.8. The number of hydrogen-bond acceptors (Lipinski definition) is 4. The molecule has 0 aliphatic carbocycles. The number of nitrogens with zero attached hydrogens (tertiary/aromatic N) is 1. The first-order valence-electron chi connectivity index (χ1n) is 9.21. The van der Waals surface area contributed by atoms with Crippen LogP contribution >= 0.6 is 0 Å². The zero-order valence-corrected chi connectivity index (χ0v) is 16.8. The van der Waals surface area contributed by atoms with Gasteiger partial charge in [0.05, 0.1) is 17.4 Å². The monoisotopic (exact) mass is 428 g/mol. The van der Waals surface area contributed by atoms with Gasteiger partial charge in [-0.15, -0.1) is 0 Å². The van der Waals surface area contributed by atoms with Gasteiger partial charge in [-0.1, -0.05) is 18.2 Å². The second-order valence-electron chi connectivity index (χ2n) is 7.03. The van der Waals surface area contributed by atoms with Crippen LogP contribution in [0.5, 0.6) is 0 Å². The van der Waals surface area contributed by atoms with Gasteiger partial charge in [-0.25, -0.2) is 8.42 Å². The second kappa shape index (κ2) is 8.62. The molecule has 0 saturated carbocycles. The SMILES string of the molecule is COC1CCN(c2ccc(NS(=O)(=O)Cc3cccc(C(F)(F)F)c3)cc2)CC1. The Hall–Kier alpha value is -2.26. The first kappa shape index (κ1) is 21.4. The number of rotatable bonds is 6. The molecule has 0 aromatic heterocycles. The number of halogens is 3. The number of hydrogen-bond donors (Lipinski definition) is 1. The van der Waals surface area contributed by atoms with Gasteiger partial charge in [-0.3, -0.25) is 4.72 Å². The number of piperidine rings is 1. The molecule has 1 fully saturated rings. The van der Waals surface area contributed by atoms with Gasteiger partial charge in [-0.2, -0.15) is 13.2 Å². The van der Waals surface area contributed by atoms with E-state index in [1.165, 1.54) is 12.1 Å². The van der Waals surface area contributed by atoms with Crippen LogP contribution in [0.15, 0.2) is 48.5 Å². The van der Waals surface area contributed by atoms with E-state index in [4.69, 9.17) is 4.74 Å². The Balaban J connectivity index is 1.63. The summed E-state index contributed by atoms with van der Waals surface area (Å²) in [4.78, 5) is 2.20. The molecular weight excluding hydrogens is 405 g/mol. The van der Waals surface area contributed by atoms with Crippen molar-refractivity contribution < 1.29 is 26.3 Å². The summed E-state index contributed by atoms with van der Waals surface area (Å²) in [5, 5.41) is 0. The number of ether oxygens (including phenoxy) is 1. The Labute approximate surface area is 168 Å². The van der Waals surface area contributed by atoms with E-state index in [9.17, 15) is 21.6 Å². The van der Waals surface area contributed by atoms with Gasteiger partial charge in [0.2, 0.25) is 10.0 Å². The lowest BCUT2D eigenvalue weighted by molar-refractivity contribution is -0.137. The molecule has 1 heterocycles. The van der Waals surface area contributed by atoms with Crippen molar-refractivity contribution in [3.63, 3.8) is 0 Å². The summed E-state index contributed by atoms with van der Waals surface area (Å²) in [5.74, 6) is -0.538. The minimum atomic E-state index is -4.51. The van der Waals surface area contributed by atoms with Crippen molar-refractivity contribution in [2.45, 2.75) is 30.9 Å². The fourth-order valence-electron chi connectivity index (χ4n) is 3.36. The number of sulfonamides is 1. The average molecular weight is 428 g/mol. The highest BCUT2D eigenvalue weighted by Gasteiger charge is 2.30. The molecule has 3 rings (SSSR count). The smallest absolute Gasteiger partial charge is 0.381 e. The van der Waals surface area contributed by atoms with Crippen molar-refractivity contribution >= 4 is 21.4 Å². The highest BCUT2D eigenvalue weighted by Crippen LogP contribution is 2.30. The predicted octanol–water partition coefficient (Wildman–Crippen LogP) is 4.26. The molecule has 29 heavy (non-hydrogen) atoms. The Morgan fingerprint density at radius 1 is 1.10 bits per heavy atom. The molecule has 0 atom stereocenters. The molecule has 5 nitrogen and oxygen atoms in total. The van der Waals surface area contributed by atoms with Crippen LogP contribution in [0.2, 0.25) is 0 Å². The molecule has 1 aliphatic rings. The first-order valence-corrected chi connectivity index (χ1v) is 10.9. The molecule has 0 radical (unpaired) electrons. The molecule has 0 amide bonds. The highest BCUT2D eigenvalue weighted by atomic mass is 32.2. The molecule has 2 aromatic carbocycles. The Morgan fingerprint density at radius 2 is 1.76 bits per heavy atom. The number of benzene rings is 2. The maximum Gasteiger partial charge on any atom is 0.416 e. The topological polar surface area (TPSA) is 58.6 Å². The lowest BCUT2D eigenvalue weighted by Gasteiger charge is -2.33. The third-order valence-corrected chi connectivity index (χ3v) is 6.15. The van der Waals surface area contributed by atoms with Gasteiger partial charge in [-0.05, 0) is 48.7 Å². The third kappa shape index (κ3) is 5.86. The number of nitrogens with one attached hydrogen (secondary N) is 1. The first-order chi connectivity index (χ1) is 13.7. The zero-order valence-electron chi connectivity index (χ0n) is 15.9. The molecule has 1 saturated heterocycles. The molecule has 158 valence electrons. The van der Waals surface area contributed by atoms with Crippen LogP contribution in [0, 0.1) is 0 Å². The van der Waals surface area contributed by atoms with Crippen molar-refractivity contribution in [3.8, 4) is 0 Å². The number of anilines is 2. The minimum absolute atomic E-state index is 0.0740. The second-order valence-corrected chi connectivity index (χ2v) is 8.75. The van der Waals surface area contributed by atoms with E-state index < -0.39 is 27.5 Å². The van der Waals surface area contributed by atoms with Crippen LogP contribution in [-0.4, -0.2) is 34.7 Å². The van der Waals surface area contributed by atoms with Crippen LogP contribution in [0.4, 0.5) is 24.5 Å². The standard InChI is InChI=1S/C20H23F3N2O3S/c1-28-19-9-11-25(12-10-19)18-7-5-17(6-8-18)24-29(26,27)14-15-3-2-4-16(13-15)20(21,22)23/h2-8,13,19,24H,9-12,14H2,1H3. The summed E-state index contributed by atoms with van der Waals surface area (Å²) in [6, 6.07) is 11.3. The van der Waals surface area contributed by atoms with E-state index in [1.54, 1.807) is 19.2 Å². The van der Waals surface area contributed by atoms with Crippen molar-refractivity contribution in [2.24, 2.45) is 0 Å². The maximum atomic E-state index is 12.8. The molecule has 1 N–H and O–H groups in total. The minimum Gasteiger partial charge on any atom is -0.381 e. The van der Waals surface area contributed by atoms with E-state index in [0.717, 1.165) is 43.8 Å². The molecular formula is C20H23F3N2O3S.